The normalized spacial score (nSPS) is 16.8. The minimum Gasteiger partial charge on any atom is -0.354 e. The van der Waals surface area contributed by atoms with Gasteiger partial charge in [0.05, 0.1) is 6.07 Å². The molecule has 1 aromatic rings. The van der Waals surface area contributed by atoms with E-state index in [9.17, 15) is 10.1 Å². The largest absolute Gasteiger partial charge is 0.354 e. The second kappa shape index (κ2) is 5.88. The molecule has 2 rings (SSSR count). The molecule has 0 spiro atoms. The van der Waals surface area contributed by atoms with Crippen LogP contribution in [0, 0.1) is 23.7 Å². The lowest BCUT2D eigenvalue weighted by Gasteiger charge is -2.19. The lowest BCUT2D eigenvalue weighted by molar-refractivity contribution is -0.127. The molecule has 1 N–H and O–H groups in total. The Morgan fingerprint density at radius 1 is 1.37 bits per heavy atom. The minimum absolute atomic E-state index is 0.0823. The molecular weight excluding hydrogens is 236 g/mol. The predicted molar refractivity (Wildman–Crippen MR) is 74.4 cm³/mol. The standard InChI is InChI=1S/C16H20N2O/c1-13-6-2-3-7-14(13)8-11-18-15(19)16(12-17)9-4-5-10-16/h2-3,6-7H,4-5,8-11H2,1H3,(H,18,19). The van der Waals surface area contributed by atoms with Crippen molar-refractivity contribution in [3.63, 3.8) is 0 Å². The molecular formula is C16H20N2O. The number of nitriles is 1. The highest BCUT2D eigenvalue weighted by Crippen LogP contribution is 2.37. The molecule has 1 aliphatic rings. The Hall–Kier alpha value is -1.82. The zero-order chi connectivity index (χ0) is 13.7. The third kappa shape index (κ3) is 2.96. The fourth-order valence-electron chi connectivity index (χ4n) is 2.74. The Bertz CT molecular complexity index is 496. The van der Waals surface area contributed by atoms with Crippen LogP contribution in [0.3, 0.4) is 0 Å². The average molecular weight is 256 g/mol. The van der Waals surface area contributed by atoms with Gasteiger partial charge in [0.1, 0.15) is 5.41 Å². The van der Waals surface area contributed by atoms with Gasteiger partial charge in [0, 0.05) is 6.54 Å². The average Bonchev–Trinajstić information content (AvgIpc) is 2.91. The van der Waals surface area contributed by atoms with Crippen LogP contribution in [0.1, 0.15) is 36.8 Å². The highest BCUT2D eigenvalue weighted by molar-refractivity contribution is 5.85. The lowest BCUT2D eigenvalue weighted by atomic mass is 9.87. The minimum atomic E-state index is -0.758. The number of amides is 1. The number of nitrogens with zero attached hydrogens (tertiary/aromatic N) is 1. The van der Waals surface area contributed by atoms with E-state index in [1.165, 1.54) is 11.1 Å². The Morgan fingerprint density at radius 3 is 2.68 bits per heavy atom. The lowest BCUT2D eigenvalue weighted by Crippen LogP contribution is -2.39. The molecule has 0 aromatic heterocycles. The first-order valence-corrected chi connectivity index (χ1v) is 6.92. The van der Waals surface area contributed by atoms with Crippen LogP contribution < -0.4 is 5.32 Å². The third-order valence-corrected chi connectivity index (χ3v) is 4.05. The van der Waals surface area contributed by atoms with Gasteiger partial charge >= 0.3 is 0 Å². The summed E-state index contributed by atoms with van der Waals surface area (Å²) in [5, 5.41) is 12.2. The summed E-state index contributed by atoms with van der Waals surface area (Å²) < 4.78 is 0. The number of rotatable bonds is 4. The van der Waals surface area contributed by atoms with Crippen LogP contribution in [0.2, 0.25) is 0 Å². The van der Waals surface area contributed by atoms with Gasteiger partial charge in [0.2, 0.25) is 5.91 Å². The maximum Gasteiger partial charge on any atom is 0.240 e. The van der Waals surface area contributed by atoms with Crippen molar-refractivity contribution >= 4 is 5.91 Å². The number of hydrogen-bond acceptors (Lipinski definition) is 2. The summed E-state index contributed by atoms with van der Waals surface area (Å²) >= 11 is 0. The summed E-state index contributed by atoms with van der Waals surface area (Å²) in [5.74, 6) is -0.0823. The number of nitrogens with one attached hydrogen (secondary N) is 1. The Kier molecular flexibility index (Phi) is 4.21. The first-order chi connectivity index (χ1) is 9.18. The molecule has 1 aliphatic carbocycles. The van der Waals surface area contributed by atoms with Crippen molar-refractivity contribution in [2.45, 2.75) is 39.0 Å². The third-order valence-electron chi connectivity index (χ3n) is 4.05. The maximum atomic E-state index is 12.1. The van der Waals surface area contributed by atoms with Crippen molar-refractivity contribution in [3.8, 4) is 6.07 Å². The molecule has 0 atom stereocenters. The summed E-state index contributed by atoms with van der Waals surface area (Å²) in [6.45, 7) is 2.68. The zero-order valence-corrected chi connectivity index (χ0v) is 11.4. The maximum absolute atomic E-state index is 12.1. The summed E-state index contributed by atoms with van der Waals surface area (Å²) in [6, 6.07) is 10.4. The predicted octanol–water partition coefficient (Wildman–Crippen LogP) is 2.74. The van der Waals surface area contributed by atoms with Gasteiger partial charge in [-0.1, -0.05) is 37.1 Å². The van der Waals surface area contributed by atoms with E-state index >= 15 is 0 Å². The van der Waals surface area contributed by atoms with E-state index in [-0.39, 0.29) is 5.91 Å². The molecule has 1 fully saturated rings. The van der Waals surface area contributed by atoms with Crippen LogP contribution in [0.5, 0.6) is 0 Å². The van der Waals surface area contributed by atoms with E-state index in [0.717, 1.165) is 19.3 Å². The molecule has 0 radical (unpaired) electrons. The van der Waals surface area contributed by atoms with Crippen molar-refractivity contribution < 1.29 is 4.79 Å². The highest BCUT2D eigenvalue weighted by Gasteiger charge is 2.41. The molecule has 0 unspecified atom stereocenters. The number of aryl methyl sites for hydroxylation is 1. The van der Waals surface area contributed by atoms with Crippen molar-refractivity contribution in [1.29, 1.82) is 5.26 Å². The highest BCUT2D eigenvalue weighted by atomic mass is 16.2. The van der Waals surface area contributed by atoms with Gasteiger partial charge in [-0.3, -0.25) is 4.79 Å². The molecule has 0 heterocycles. The van der Waals surface area contributed by atoms with Crippen molar-refractivity contribution in [3.05, 3.63) is 35.4 Å². The first-order valence-electron chi connectivity index (χ1n) is 6.92. The van der Waals surface area contributed by atoms with Gasteiger partial charge in [0.15, 0.2) is 0 Å². The van der Waals surface area contributed by atoms with Crippen LogP contribution in [0.25, 0.3) is 0 Å². The molecule has 3 heteroatoms. The van der Waals surface area contributed by atoms with Gasteiger partial charge in [-0.05, 0) is 37.3 Å². The Labute approximate surface area is 114 Å². The second-order valence-corrected chi connectivity index (χ2v) is 5.33. The van der Waals surface area contributed by atoms with Crippen LogP contribution in [-0.2, 0) is 11.2 Å². The van der Waals surface area contributed by atoms with Gasteiger partial charge in [-0.15, -0.1) is 0 Å². The molecule has 0 saturated heterocycles. The fourth-order valence-corrected chi connectivity index (χ4v) is 2.74. The van der Waals surface area contributed by atoms with Gasteiger partial charge in [-0.25, -0.2) is 0 Å². The Morgan fingerprint density at radius 2 is 2.05 bits per heavy atom. The summed E-state index contributed by atoms with van der Waals surface area (Å²) in [4.78, 5) is 12.1. The van der Waals surface area contributed by atoms with Crippen LogP contribution in [-0.4, -0.2) is 12.5 Å². The van der Waals surface area contributed by atoms with Crippen molar-refractivity contribution in [2.75, 3.05) is 6.54 Å². The summed E-state index contributed by atoms with van der Waals surface area (Å²) in [5.41, 5.74) is 1.74. The van der Waals surface area contributed by atoms with Crippen molar-refractivity contribution in [1.82, 2.24) is 5.32 Å². The van der Waals surface area contributed by atoms with E-state index in [1.54, 1.807) is 0 Å². The van der Waals surface area contributed by atoms with E-state index in [0.29, 0.717) is 19.4 Å². The fraction of sp³-hybridized carbons (Fsp3) is 0.500. The smallest absolute Gasteiger partial charge is 0.240 e. The van der Waals surface area contributed by atoms with E-state index in [1.807, 2.05) is 12.1 Å². The molecule has 1 amide bonds. The van der Waals surface area contributed by atoms with Gasteiger partial charge in [0.25, 0.3) is 0 Å². The monoisotopic (exact) mass is 256 g/mol. The molecule has 1 aromatic carbocycles. The van der Waals surface area contributed by atoms with Crippen LogP contribution >= 0.6 is 0 Å². The van der Waals surface area contributed by atoms with Gasteiger partial charge in [-0.2, -0.15) is 5.26 Å². The van der Waals surface area contributed by atoms with Gasteiger partial charge < -0.3 is 5.32 Å². The number of carbonyl (C=O) groups excluding carboxylic acids is 1. The molecule has 3 nitrogen and oxygen atoms in total. The first kappa shape index (κ1) is 13.6. The van der Waals surface area contributed by atoms with E-state index in [4.69, 9.17) is 0 Å². The number of hydrogen-bond donors (Lipinski definition) is 1. The quantitative estimate of drug-likeness (QED) is 0.900. The molecule has 19 heavy (non-hydrogen) atoms. The van der Waals surface area contributed by atoms with Crippen molar-refractivity contribution in [2.24, 2.45) is 5.41 Å². The molecule has 0 aliphatic heterocycles. The van der Waals surface area contributed by atoms with Crippen LogP contribution in [0.4, 0.5) is 0 Å². The zero-order valence-electron chi connectivity index (χ0n) is 11.4. The number of carbonyl (C=O) groups is 1. The SMILES string of the molecule is Cc1ccccc1CCNC(=O)C1(C#N)CCCC1. The number of benzene rings is 1. The van der Waals surface area contributed by atoms with E-state index in [2.05, 4.69) is 30.4 Å². The Balaban J connectivity index is 1.88. The molecule has 1 saturated carbocycles. The molecule has 0 bridgehead atoms. The second-order valence-electron chi connectivity index (χ2n) is 5.33. The summed E-state index contributed by atoms with van der Waals surface area (Å²) in [7, 11) is 0. The van der Waals surface area contributed by atoms with E-state index < -0.39 is 5.41 Å². The molecule has 100 valence electrons. The topological polar surface area (TPSA) is 52.9 Å². The summed E-state index contributed by atoms with van der Waals surface area (Å²) in [6.07, 6.45) is 4.21. The van der Waals surface area contributed by atoms with Crippen LogP contribution in [0.15, 0.2) is 24.3 Å².